The smallest absolute Gasteiger partial charge is 0.257 e. The molecule has 204 valence electrons. The van der Waals surface area contributed by atoms with E-state index in [1.165, 1.54) is 25.3 Å². The summed E-state index contributed by atoms with van der Waals surface area (Å²) in [7, 11) is 1.79. The van der Waals surface area contributed by atoms with Crippen LogP contribution in [0.2, 0.25) is 0 Å². The first-order valence-corrected chi connectivity index (χ1v) is 14.8. The second-order valence-electron chi connectivity index (χ2n) is 10.2. The first-order chi connectivity index (χ1) is 18.4. The molecule has 2 N–H and O–H groups in total. The van der Waals surface area contributed by atoms with E-state index in [2.05, 4.69) is 16.6 Å². The van der Waals surface area contributed by atoms with Gasteiger partial charge in [0.1, 0.15) is 5.82 Å². The van der Waals surface area contributed by atoms with E-state index in [-0.39, 0.29) is 30.4 Å². The number of benzene rings is 2. The van der Waals surface area contributed by atoms with Crippen molar-refractivity contribution >= 4 is 40.2 Å². The molecule has 1 unspecified atom stereocenters. The van der Waals surface area contributed by atoms with Gasteiger partial charge in [-0.2, -0.15) is 11.8 Å². The average molecular weight is 540 g/mol. The highest BCUT2D eigenvalue weighted by Gasteiger charge is 2.24. The van der Waals surface area contributed by atoms with Crippen LogP contribution in [0.5, 0.6) is 0 Å². The molecule has 1 aliphatic carbocycles. The topological polar surface area (TPSA) is 74.4 Å². The lowest BCUT2D eigenvalue weighted by atomic mass is 9.98. The first kappa shape index (κ1) is 28.2. The summed E-state index contributed by atoms with van der Waals surface area (Å²) >= 11 is 1.74. The fourth-order valence-electron chi connectivity index (χ4n) is 5.07. The number of ether oxygens (including phenoxy) is 1. The van der Waals surface area contributed by atoms with Crippen molar-refractivity contribution in [2.75, 3.05) is 31.0 Å². The molecule has 0 bridgehead atoms. The minimum Gasteiger partial charge on any atom is -0.376 e. The van der Waals surface area contributed by atoms with E-state index in [1.807, 2.05) is 24.3 Å². The Morgan fingerprint density at radius 2 is 1.97 bits per heavy atom. The van der Waals surface area contributed by atoms with Crippen LogP contribution < -0.4 is 5.32 Å². The van der Waals surface area contributed by atoms with Crippen LogP contribution in [0.15, 0.2) is 42.6 Å². The van der Waals surface area contributed by atoms with Crippen molar-refractivity contribution in [1.82, 2.24) is 9.88 Å². The maximum absolute atomic E-state index is 15.1. The second-order valence-corrected chi connectivity index (χ2v) is 11.2. The maximum atomic E-state index is 15.1. The molecule has 1 fully saturated rings. The number of carbonyl (C=O) groups is 2. The van der Waals surface area contributed by atoms with Crippen molar-refractivity contribution in [2.45, 2.75) is 64.0 Å². The van der Waals surface area contributed by atoms with Gasteiger partial charge in [-0.3, -0.25) is 9.59 Å². The molecule has 0 aliphatic heterocycles. The molecule has 1 aliphatic rings. The number of para-hydroxylation sites is 1. The fourth-order valence-corrected chi connectivity index (χ4v) is 5.58. The van der Waals surface area contributed by atoms with Crippen LogP contribution in [-0.4, -0.2) is 59.5 Å². The Kier molecular flexibility index (Phi) is 9.86. The van der Waals surface area contributed by atoms with E-state index in [1.54, 1.807) is 42.9 Å². The van der Waals surface area contributed by atoms with Gasteiger partial charge >= 0.3 is 0 Å². The summed E-state index contributed by atoms with van der Waals surface area (Å²) in [5.41, 5.74) is 2.76. The van der Waals surface area contributed by atoms with Crippen molar-refractivity contribution in [1.29, 1.82) is 0 Å². The number of amides is 2. The molecule has 4 rings (SSSR count). The number of carbonyl (C=O) groups excluding carboxylic acids is 2. The number of fused-ring (bicyclic) bond motifs is 1. The van der Waals surface area contributed by atoms with Crippen LogP contribution in [-0.2, 0) is 16.0 Å². The molecule has 8 heteroatoms. The Morgan fingerprint density at radius 1 is 1.21 bits per heavy atom. The number of aryl methyl sites for hydroxylation is 1. The van der Waals surface area contributed by atoms with Gasteiger partial charge in [0.2, 0.25) is 5.91 Å². The van der Waals surface area contributed by atoms with Crippen LogP contribution >= 0.6 is 11.8 Å². The van der Waals surface area contributed by atoms with Crippen molar-refractivity contribution in [3.8, 4) is 0 Å². The predicted molar refractivity (Wildman–Crippen MR) is 153 cm³/mol. The number of rotatable bonds is 11. The van der Waals surface area contributed by atoms with Crippen molar-refractivity contribution < 1.29 is 18.7 Å². The van der Waals surface area contributed by atoms with Gasteiger partial charge in [0.25, 0.3) is 5.91 Å². The normalized spacial score (nSPS) is 14.9. The summed E-state index contributed by atoms with van der Waals surface area (Å²) in [5.74, 6) is -0.0414. The number of hydrogen-bond acceptors (Lipinski definition) is 4. The number of thioether (sulfide) groups is 1. The highest BCUT2D eigenvalue weighted by atomic mass is 32.2. The zero-order valence-corrected chi connectivity index (χ0v) is 23.3. The van der Waals surface area contributed by atoms with E-state index in [0.717, 1.165) is 35.9 Å². The summed E-state index contributed by atoms with van der Waals surface area (Å²) in [6, 6.07) is 10.4. The van der Waals surface area contributed by atoms with Crippen LogP contribution in [0.1, 0.15) is 60.0 Å². The fraction of sp³-hybridized carbons (Fsp3) is 0.467. The third-order valence-electron chi connectivity index (χ3n) is 7.49. The highest BCUT2D eigenvalue weighted by Crippen LogP contribution is 2.25. The van der Waals surface area contributed by atoms with Crippen LogP contribution in [0, 0.1) is 12.7 Å². The number of hydrogen-bond donors (Lipinski definition) is 2. The number of halogens is 1. The zero-order chi connectivity index (χ0) is 27.1. The van der Waals surface area contributed by atoms with Crippen molar-refractivity contribution in [3.05, 3.63) is 65.1 Å². The molecule has 2 aromatic carbocycles. The van der Waals surface area contributed by atoms with Crippen molar-refractivity contribution in [2.24, 2.45) is 0 Å². The van der Waals surface area contributed by atoms with Gasteiger partial charge < -0.3 is 19.9 Å². The van der Waals surface area contributed by atoms with E-state index in [4.69, 9.17) is 4.74 Å². The molecule has 38 heavy (non-hydrogen) atoms. The summed E-state index contributed by atoms with van der Waals surface area (Å²) in [6.45, 7) is 2.31. The largest absolute Gasteiger partial charge is 0.376 e. The van der Waals surface area contributed by atoms with Crippen LogP contribution in [0.4, 0.5) is 10.1 Å². The molecule has 1 heterocycles. The first-order valence-electron chi connectivity index (χ1n) is 13.4. The van der Waals surface area contributed by atoms with Gasteiger partial charge in [0.05, 0.1) is 30.7 Å². The molecule has 2 amide bonds. The lowest BCUT2D eigenvalue weighted by Gasteiger charge is -2.31. The maximum Gasteiger partial charge on any atom is 0.257 e. The molecule has 3 aromatic rings. The number of likely N-dealkylation sites (N-methyl/N-ethyl adjacent to an activating group) is 1. The number of anilines is 1. The lowest BCUT2D eigenvalue weighted by molar-refractivity contribution is -0.133. The third kappa shape index (κ3) is 6.97. The van der Waals surface area contributed by atoms with Crippen LogP contribution in [0.25, 0.3) is 10.9 Å². The Labute approximate surface area is 228 Å². The van der Waals surface area contributed by atoms with Gasteiger partial charge in [-0.25, -0.2) is 4.39 Å². The molecule has 0 radical (unpaired) electrons. The number of aromatic amines is 1. The Hall–Kier alpha value is -2.84. The molecule has 0 spiro atoms. The zero-order valence-electron chi connectivity index (χ0n) is 22.5. The van der Waals surface area contributed by atoms with E-state index >= 15 is 4.39 Å². The quantitative estimate of drug-likeness (QED) is 0.298. The van der Waals surface area contributed by atoms with E-state index < -0.39 is 5.82 Å². The number of nitrogens with zero attached hydrogens (tertiary/aromatic N) is 1. The average Bonchev–Trinajstić information content (AvgIpc) is 3.36. The van der Waals surface area contributed by atoms with Crippen molar-refractivity contribution in [3.63, 3.8) is 0 Å². The summed E-state index contributed by atoms with van der Waals surface area (Å²) in [6.07, 6.45) is 10.6. The summed E-state index contributed by atoms with van der Waals surface area (Å²) < 4.78 is 21.3. The predicted octanol–water partition coefficient (Wildman–Crippen LogP) is 6.34. The van der Waals surface area contributed by atoms with Gasteiger partial charge in [0, 0.05) is 29.8 Å². The number of H-pyrrole nitrogens is 1. The Morgan fingerprint density at radius 3 is 2.74 bits per heavy atom. The molecular weight excluding hydrogens is 501 g/mol. The third-order valence-corrected chi connectivity index (χ3v) is 8.13. The van der Waals surface area contributed by atoms with E-state index in [0.29, 0.717) is 29.0 Å². The van der Waals surface area contributed by atoms with Gasteiger partial charge in [-0.15, -0.1) is 0 Å². The summed E-state index contributed by atoms with van der Waals surface area (Å²) in [5, 5.41) is 3.63. The molecule has 1 saturated carbocycles. The van der Waals surface area contributed by atoms with Gasteiger partial charge in [-0.1, -0.05) is 43.5 Å². The van der Waals surface area contributed by atoms with E-state index in [9.17, 15) is 9.59 Å². The molecule has 1 aromatic heterocycles. The summed E-state index contributed by atoms with van der Waals surface area (Å²) in [4.78, 5) is 30.9. The minimum absolute atomic E-state index is 0.0426. The second kappa shape index (κ2) is 13.3. The SMILES string of the molecule is CSCCC(COC1CCCCC1)N(C)C(=O)Cc1cc(C)c(NC(=O)c2c[nH]c3ccccc23)cc1F. The molecular formula is C30H38FN3O3S. The number of nitrogens with one attached hydrogen (secondary N) is 2. The standard InChI is InChI=1S/C30H38FN3O3S/c1-20-15-21(16-29(35)34(2)22(13-14-38-3)19-37-23-9-5-4-6-10-23)26(31)17-28(20)33-30(36)25-18-32-27-12-8-7-11-24(25)27/h7-8,11-12,15,17-18,22-23,32H,4-6,9-10,13-14,16,19H2,1-3H3,(H,33,36). The Balaban J connectivity index is 1.41. The minimum atomic E-state index is -0.509. The van der Waals surface area contributed by atoms with Gasteiger partial charge in [0.15, 0.2) is 0 Å². The monoisotopic (exact) mass is 539 g/mol. The molecule has 1 atom stereocenters. The Bertz CT molecular complexity index is 1250. The van der Waals surface area contributed by atoms with Crippen LogP contribution in [0.3, 0.4) is 0 Å². The molecule has 0 saturated heterocycles. The molecule has 6 nitrogen and oxygen atoms in total. The number of aromatic nitrogens is 1. The highest BCUT2D eigenvalue weighted by molar-refractivity contribution is 7.98. The lowest BCUT2D eigenvalue weighted by Crippen LogP contribution is -2.42. The van der Waals surface area contributed by atoms with Gasteiger partial charge in [-0.05, 0) is 61.5 Å².